The van der Waals surface area contributed by atoms with E-state index in [1.165, 1.54) is 25.4 Å². The van der Waals surface area contributed by atoms with Gasteiger partial charge in [0.15, 0.2) is 0 Å². The second-order valence-corrected chi connectivity index (χ2v) is 10.4. The number of sulfonamides is 1. The number of anilines is 1. The molecule has 9 nitrogen and oxygen atoms in total. The van der Waals surface area contributed by atoms with Gasteiger partial charge in [-0.25, -0.2) is 12.8 Å². The Kier molecular flexibility index (Phi) is 6.71. The topological polar surface area (TPSA) is 97.0 Å². The normalized spacial score (nSPS) is 17.1. The third-order valence-electron chi connectivity index (χ3n) is 6.17. The number of para-hydroxylation sites is 1. The first-order chi connectivity index (χ1) is 15.8. The molecular formula is C22H28FN5O4S. The number of benzene rings is 1. The molecule has 0 unspecified atom stereocenters. The van der Waals surface area contributed by atoms with E-state index in [-0.39, 0.29) is 34.8 Å². The van der Waals surface area contributed by atoms with Crippen molar-refractivity contribution in [1.82, 2.24) is 19.1 Å². The third-order valence-corrected chi connectivity index (χ3v) is 7.95. The van der Waals surface area contributed by atoms with Crippen molar-refractivity contribution >= 4 is 27.5 Å². The SMILES string of the molecule is CN(CC(=O)N1CCN(c2ccccc2F)CC1)S(=O)(=O)c1c[nH]c(C(=O)N2CCCC2)c1. The Bertz CT molecular complexity index is 1120. The molecule has 33 heavy (non-hydrogen) atoms. The zero-order valence-electron chi connectivity index (χ0n) is 18.5. The predicted molar refractivity (Wildman–Crippen MR) is 121 cm³/mol. The number of likely N-dealkylation sites (N-methyl/N-ethyl adjacent to an activating group) is 1. The summed E-state index contributed by atoms with van der Waals surface area (Å²) in [6.45, 7) is 2.69. The van der Waals surface area contributed by atoms with Gasteiger partial charge in [0, 0.05) is 52.5 Å². The van der Waals surface area contributed by atoms with Crippen LogP contribution in [0.15, 0.2) is 41.4 Å². The summed E-state index contributed by atoms with van der Waals surface area (Å²) in [5.74, 6) is -0.851. The first-order valence-corrected chi connectivity index (χ1v) is 12.4. The fraction of sp³-hybridized carbons (Fsp3) is 0.455. The van der Waals surface area contributed by atoms with Crippen LogP contribution in [0.4, 0.5) is 10.1 Å². The van der Waals surface area contributed by atoms with E-state index in [0.29, 0.717) is 45.0 Å². The summed E-state index contributed by atoms with van der Waals surface area (Å²) in [6.07, 6.45) is 3.17. The lowest BCUT2D eigenvalue weighted by Gasteiger charge is -2.36. The zero-order chi connectivity index (χ0) is 23.6. The number of halogens is 1. The highest BCUT2D eigenvalue weighted by Crippen LogP contribution is 2.21. The molecule has 178 valence electrons. The molecule has 2 amide bonds. The number of hydrogen-bond acceptors (Lipinski definition) is 5. The maximum atomic E-state index is 14.0. The van der Waals surface area contributed by atoms with Gasteiger partial charge in [0.2, 0.25) is 15.9 Å². The monoisotopic (exact) mass is 477 g/mol. The summed E-state index contributed by atoms with van der Waals surface area (Å²) in [6, 6.07) is 7.82. The van der Waals surface area contributed by atoms with Crippen LogP contribution in [0.3, 0.4) is 0 Å². The fourth-order valence-electron chi connectivity index (χ4n) is 4.20. The molecule has 3 heterocycles. The molecule has 0 atom stereocenters. The number of nitrogens with one attached hydrogen (secondary N) is 1. The van der Waals surface area contributed by atoms with Crippen molar-refractivity contribution in [3.05, 3.63) is 48.0 Å². The number of amides is 2. The molecule has 0 bridgehead atoms. The number of aromatic nitrogens is 1. The second kappa shape index (κ2) is 9.52. The number of nitrogens with zero attached hydrogens (tertiary/aromatic N) is 4. The van der Waals surface area contributed by atoms with E-state index in [1.807, 2.05) is 4.90 Å². The first kappa shape index (κ1) is 23.2. The highest BCUT2D eigenvalue weighted by atomic mass is 32.2. The van der Waals surface area contributed by atoms with Gasteiger partial charge in [-0.05, 0) is 31.0 Å². The summed E-state index contributed by atoms with van der Waals surface area (Å²) in [4.78, 5) is 33.1. The van der Waals surface area contributed by atoms with Crippen LogP contribution in [-0.4, -0.2) is 92.2 Å². The number of piperazine rings is 1. The maximum Gasteiger partial charge on any atom is 0.270 e. The minimum absolute atomic E-state index is 0.0512. The molecule has 4 rings (SSSR count). The van der Waals surface area contributed by atoms with Gasteiger partial charge in [0.05, 0.1) is 12.2 Å². The van der Waals surface area contributed by atoms with Crippen LogP contribution in [0.1, 0.15) is 23.3 Å². The average Bonchev–Trinajstić information content (AvgIpc) is 3.52. The van der Waals surface area contributed by atoms with Crippen molar-refractivity contribution in [1.29, 1.82) is 0 Å². The van der Waals surface area contributed by atoms with E-state index < -0.39 is 10.0 Å². The van der Waals surface area contributed by atoms with E-state index >= 15 is 0 Å². The van der Waals surface area contributed by atoms with Crippen molar-refractivity contribution in [2.75, 3.05) is 57.8 Å². The molecule has 0 aliphatic carbocycles. The number of H-pyrrole nitrogens is 1. The Morgan fingerprint density at radius 3 is 2.36 bits per heavy atom. The Labute approximate surface area is 192 Å². The van der Waals surface area contributed by atoms with Gasteiger partial charge in [-0.15, -0.1) is 0 Å². The summed E-state index contributed by atoms with van der Waals surface area (Å²) < 4.78 is 40.9. The number of hydrogen-bond donors (Lipinski definition) is 1. The highest BCUT2D eigenvalue weighted by molar-refractivity contribution is 7.89. The first-order valence-electron chi connectivity index (χ1n) is 11.0. The largest absolute Gasteiger partial charge is 0.366 e. The van der Waals surface area contributed by atoms with Crippen molar-refractivity contribution in [3.63, 3.8) is 0 Å². The lowest BCUT2D eigenvalue weighted by molar-refractivity contribution is -0.131. The minimum atomic E-state index is -3.94. The van der Waals surface area contributed by atoms with E-state index in [9.17, 15) is 22.4 Å². The van der Waals surface area contributed by atoms with Crippen LogP contribution in [0.2, 0.25) is 0 Å². The smallest absolute Gasteiger partial charge is 0.270 e. The van der Waals surface area contributed by atoms with Gasteiger partial charge in [-0.3, -0.25) is 9.59 Å². The van der Waals surface area contributed by atoms with Crippen LogP contribution >= 0.6 is 0 Å². The molecule has 0 radical (unpaired) electrons. The molecule has 2 aliphatic heterocycles. The van der Waals surface area contributed by atoms with Crippen LogP contribution in [0.5, 0.6) is 0 Å². The number of carbonyl (C=O) groups is 2. The number of carbonyl (C=O) groups excluding carboxylic acids is 2. The third kappa shape index (κ3) is 4.88. The average molecular weight is 478 g/mol. The standard InChI is InChI=1S/C22H28FN5O4S/c1-25(33(31,32)17-14-19(24-15-17)22(30)28-8-4-5-9-28)16-21(29)27-12-10-26(11-13-27)20-7-3-2-6-18(20)23/h2-3,6-7,14-15,24H,4-5,8-13,16H2,1H3. The minimum Gasteiger partial charge on any atom is -0.366 e. The van der Waals surface area contributed by atoms with Gasteiger partial charge < -0.3 is 19.7 Å². The quantitative estimate of drug-likeness (QED) is 0.678. The Morgan fingerprint density at radius 1 is 1.03 bits per heavy atom. The molecule has 1 aromatic heterocycles. The Morgan fingerprint density at radius 2 is 1.70 bits per heavy atom. The van der Waals surface area contributed by atoms with Crippen molar-refractivity contribution in [2.24, 2.45) is 0 Å². The molecule has 2 aromatic rings. The summed E-state index contributed by atoms with van der Waals surface area (Å²) in [5.41, 5.74) is 0.718. The summed E-state index contributed by atoms with van der Waals surface area (Å²) in [5, 5.41) is 0. The number of likely N-dealkylation sites (tertiary alicyclic amines) is 1. The van der Waals surface area contributed by atoms with Gasteiger partial charge in [-0.2, -0.15) is 4.31 Å². The number of aromatic amines is 1. The molecule has 0 saturated carbocycles. The van der Waals surface area contributed by atoms with Gasteiger partial charge >= 0.3 is 0 Å². The second-order valence-electron chi connectivity index (χ2n) is 8.33. The molecular weight excluding hydrogens is 449 g/mol. The summed E-state index contributed by atoms with van der Waals surface area (Å²) >= 11 is 0. The van der Waals surface area contributed by atoms with Gasteiger partial charge in [-0.1, -0.05) is 12.1 Å². The molecule has 2 fully saturated rings. The van der Waals surface area contributed by atoms with Crippen LogP contribution in [0, 0.1) is 5.82 Å². The number of rotatable bonds is 6. The zero-order valence-corrected chi connectivity index (χ0v) is 19.4. The molecule has 2 saturated heterocycles. The van der Waals surface area contributed by atoms with Crippen molar-refractivity contribution < 1.29 is 22.4 Å². The molecule has 11 heteroatoms. The Balaban J connectivity index is 1.35. The Hall–Kier alpha value is -2.92. The fourth-order valence-corrected chi connectivity index (χ4v) is 5.31. The van der Waals surface area contributed by atoms with E-state index in [4.69, 9.17) is 0 Å². The van der Waals surface area contributed by atoms with Crippen molar-refractivity contribution in [2.45, 2.75) is 17.7 Å². The predicted octanol–water partition coefficient (Wildman–Crippen LogP) is 1.36. The van der Waals surface area contributed by atoms with Crippen molar-refractivity contribution in [3.8, 4) is 0 Å². The molecule has 1 N–H and O–H groups in total. The van der Waals surface area contributed by atoms with E-state index in [0.717, 1.165) is 17.1 Å². The van der Waals surface area contributed by atoms with Crippen LogP contribution in [-0.2, 0) is 14.8 Å². The molecule has 1 aromatic carbocycles. The lowest BCUT2D eigenvalue weighted by Crippen LogP contribution is -2.51. The van der Waals surface area contributed by atoms with Crippen LogP contribution < -0.4 is 4.90 Å². The van der Waals surface area contributed by atoms with Crippen LogP contribution in [0.25, 0.3) is 0 Å². The van der Waals surface area contributed by atoms with Gasteiger partial charge in [0.1, 0.15) is 16.4 Å². The van der Waals surface area contributed by atoms with E-state index in [2.05, 4.69) is 4.98 Å². The highest BCUT2D eigenvalue weighted by Gasteiger charge is 2.29. The molecule has 0 spiro atoms. The lowest BCUT2D eigenvalue weighted by atomic mass is 10.2. The summed E-state index contributed by atoms with van der Waals surface area (Å²) in [7, 11) is -2.60. The molecule has 2 aliphatic rings. The van der Waals surface area contributed by atoms with Gasteiger partial charge in [0.25, 0.3) is 5.91 Å². The maximum absolute atomic E-state index is 14.0. The van der Waals surface area contributed by atoms with E-state index in [1.54, 1.807) is 28.0 Å².